The second kappa shape index (κ2) is 7.23. The number of carbonyl (C=O) groups is 2. The molecule has 0 saturated heterocycles. The Balaban J connectivity index is 1.89. The number of aliphatic hydroxyl groups excluding tert-OH is 1. The molecule has 0 fully saturated rings. The summed E-state index contributed by atoms with van der Waals surface area (Å²) in [5.41, 5.74) is -0.171. The molecule has 0 radical (unpaired) electrons. The van der Waals surface area contributed by atoms with E-state index in [1.54, 1.807) is 25.1 Å². The molecule has 3 aromatic rings. The molecule has 2 heterocycles. The Bertz CT molecular complexity index is 1290. The van der Waals surface area contributed by atoms with Gasteiger partial charge in [-0.1, -0.05) is 18.2 Å². The molecule has 0 bridgehead atoms. The molecule has 0 saturated carbocycles. The van der Waals surface area contributed by atoms with Crippen LogP contribution in [-0.4, -0.2) is 28.3 Å². The smallest absolute Gasteiger partial charge is 0.336 e. The van der Waals surface area contributed by atoms with E-state index in [0.717, 1.165) is 29.8 Å². The first-order valence-corrected chi connectivity index (χ1v) is 8.92. The van der Waals surface area contributed by atoms with E-state index < -0.39 is 35.4 Å². The highest BCUT2D eigenvalue weighted by molar-refractivity contribution is 6.12. The number of hydrogen-bond acceptors (Lipinski definition) is 6. The number of rotatable bonds is 3. The molecule has 1 aliphatic heterocycles. The first-order chi connectivity index (χ1) is 14.2. The molecule has 7 nitrogen and oxygen atoms in total. The van der Waals surface area contributed by atoms with Crippen molar-refractivity contribution in [2.45, 2.75) is 19.1 Å². The van der Waals surface area contributed by atoms with Crippen molar-refractivity contribution in [2.24, 2.45) is 0 Å². The number of halogens is 1. The maximum atomic E-state index is 13.6. The molecule has 1 aromatic heterocycles. The lowest BCUT2D eigenvalue weighted by molar-refractivity contribution is -0.137. The predicted molar refractivity (Wildman–Crippen MR) is 103 cm³/mol. The summed E-state index contributed by atoms with van der Waals surface area (Å²) in [6.07, 6.45) is -0.733. The van der Waals surface area contributed by atoms with Crippen molar-refractivity contribution in [1.29, 1.82) is 0 Å². The highest BCUT2D eigenvalue weighted by Crippen LogP contribution is 2.33. The summed E-state index contributed by atoms with van der Waals surface area (Å²) < 4.78 is 24.0. The van der Waals surface area contributed by atoms with E-state index in [9.17, 15) is 29.0 Å². The molecule has 2 atom stereocenters. The Labute approximate surface area is 168 Å². The lowest BCUT2D eigenvalue weighted by Gasteiger charge is -2.24. The van der Waals surface area contributed by atoms with Gasteiger partial charge in [0.1, 0.15) is 23.1 Å². The number of ether oxygens (including phenoxy) is 1. The van der Waals surface area contributed by atoms with Gasteiger partial charge in [-0.05, 0) is 42.3 Å². The highest BCUT2D eigenvalue weighted by atomic mass is 19.1. The largest absolute Gasteiger partial charge is 0.481 e. The summed E-state index contributed by atoms with van der Waals surface area (Å²) in [5.74, 6) is -4.29. The Morgan fingerprint density at radius 1 is 1.17 bits per heavy atom. The van der Waals surface area contributed by atoms with Crippen molar-refractivity contribution in [3.63, 3.8) is 0 Å². The van der Waals surface area contributed by atoms with Gasteiger partial charge >= 0.3 is 11.6 Å². The minimum atomic E-state index is -1.74. The van der Waals surface area contributed by atoms with Crippen molar-refractivity contribution in [3.05, 3.63) is 87.0 Å². The van der Waals surface area contributed by atoms with Crippen LogP contribution in [0.15, 0.2) is 63.3 Å². The number of ketones is 1. The van der Waals surface area contributed by atoms with Gasteiger partial charge in [-0.15, -0.1) is 0 Å². The molecule has 2 N–H and O–H groups in total. The number of carboxylic acids is 1. The van der Waals surface area contributed by atoms with Crippen LogP contribution in [0.25, 0.3) is 11.0 Å². The molecule has 0 amide bonds. The monoisotopic (exact) mass is 410 g/mol. The minimum absolute atomic E-state index is 0.0146. The van der Waals surface area contributed by atoms with Crippen LogP contribution in [0, 0.1) is 12.7 Å². The van der Waals surface area contributed by atoms with Gasteiger partial charge in [-0.2, -0.15) is 0 Å². The zero-order valence-corrected chi connectivity index (χ0v) is 15.6. The van der Waals surface area contributed by atoms with Crippen molar-refractivity contribution in [2.75, 3.05) is 0 Å². The van der Waals surface area contributed by atoms with Gasteiger partial charge in [0.2, 0.25) is 6.29 Å². The second-order valence-electron chi connectivity index (χ2n) is 6.90. The second-order valence-corrected chi connectivity index (χ2v) is 6.90. The highest BCUT2D eigenvalue weighted by Gasteiger charge is 2.33. The third-order valence-corrected chi connectivity index (χ3v) is 4.83. The normalized spacial score (nSPS) is 18.2. The fraction of sp³-hybridized carbons (Fsp3) is 0.136. The van der Waals surface area contributed by atoms with Crippen LogP contribution in [-0.2, 0) is 4.79 Å². The third kappa shape index (κ3) is 3.37. The zero-order valence-electron chi connectivity index (χ0n) is 15.6. The first kappa shape index (κ1) is 19.5. The van der Waals surface area contributed by atoms with Crippen LogP contribution in [0.5, 0.6) is 5.75 Å². The van der Waals surface area contributed by atoms with Crippen molar-refractivity contribution < 1.29 is 33.3 Å². The van der Waals surface area contributed by atoms with Crippen LogP contribution in [0.2, 0.25) is 0 Å². The molecule has 1 aliphatic rings. The molecular weight excluding hydrogens is 395 g/mol. The van der Waals surface area contributed by atoms with E-state index in [-0.39, 0.29) is 28.0 Å². The first-order valence-electron chi connectivity index (χ1n) is 8.92. The van der Waals surface area contributed by atoms with Crippen molar-refractivity contribution >= 4 is 22.7 Å². The summed E-state index contributed by atoms with van der Waals surface area (Å²) in [6.45, 7) is 1.79. The van der Waals surface area contributed by atoms with Gasteiger partial charge < -0.3 is 19.4 Å². The topological polar surface area (TPSA) is 114 Å². The van der Waals surface area contributed by atoms with Gasteiger partial charge in [-0.3, -0.25) is 9.59 Å². The minimum Gasteiger partial charge on any atom is -0.481 e. The third-order valence-electron chi connectivity index (χ3n) is 4.83. The van der Waals surface area contributed by atoms with Gasteiger partial charge in [-0.25, -0.2) is 9.18 Å². The molecule has 0 unspecified atom stereocenters. The SMILES string of the molecule is Cc1ccc2c([C@@H](/C=C3/C(=O)c4cc(F)ccc4O[C@H]3O)C(=O)O)cc(=O)oc2c1. The summed E-state index contributed by atoms with van der Waals surface area (Å²) in [7, 11) is 0. The molecule has 152 valence electrons. The maximum absolute atomic E-state index is 13.6. The van der Waals surface area contributed by atoms with Gasteiger partial charge in [0, 0.05) is 11.5 Å². The molecule has 0 spiro atoms. The number of aliphatic hydroxyl groups is 1. The van der Waals surface area contributed by atoms with Crippen LogP contribution in [0.3, 0.4) is 0 Å². The van der Waals surface area contributed by atoms with E-state index in [1.807, 2.05) is 0 Å². The van der Waals surface area contributed by atoms with E-state index in [0.29, 0.717) is 5.39 Å². The van der Waals surface area contributed by atoms with Gasteiger partial charge in [0.15, 0.2) is 5.78 Å². The number of benzene rings is 2. The van der Waals surface area contributed by atoms with Crippen LogP contribution in [0.4, 0.5) is 4.39 Å². The molecule has 30 heavy (non-hydrogen) atoms. The Hall–Kier alpha value is -3.78. The van der Waals surface area contributed by atoms with Crippen molar-refractivity contribution in [3.8, 4) is 5.75 Å². The van der Waals surface area contributed by atoms with Gasteiger partial charge in [0.25, 0.3) is 0 Å². The standard InChI is InChI=1S/C22H15FO7/c1-10-2-4-12-13(9-19(24)29-18(12)6-10)14(21(26)27)8-16-20(25)15-7-11(23)3-5-17(15)30-22(16)28/h2-9,14,22,28H,1H3,(H,26,27)/b16-8-/t14-,22-/m1/s1. The van der Waals surface area contributed by atoms with E-state index in [4.69, 9.17) is 9.15 Å². The van der Waals surface area contributed by atoms with Crippen LogP contribution in [0.1, 0.15) is 27.4 Å². The number of carbonyl (C=O) groups excluding carboxylic acids is 1. The molecule has 0 aliphatic carbocycles. The zero-order chi connectivity index (χ0) is 21.6. The summed E-state index contributed by atoms with van der Waals surface area (Å²) in [6, 6.07) is 9.18. The van der Waals surface area contributed by atoms with Crippen LogP contribution < -0.4 is 10.4 Å². The maximum Gasteiger partial charge on any atom is 0.336 e. The Kier molecular flexibility index (Phi) is 4.71. The fourth-order valence-corrected chi connectivity index (χ4v) is 3.42. The van der Waals surface area contributed by atoms with E-state index in [2.05, 4.69) is 0 Å². The predicted octanol–water partition coefficient (Wildman–Crippen LogP) is 2.93. The number of aliphatic carboxylic acids is 1. The molecule has 4 rings (SSSR count). The fourth-order valence-electron chi connectivity index (χ4n) is 3.42. The lowest BCUT2D eigenvalue weighted by atomic mass is 9.90. The summed E-state index contributed by atoms with van der Waals surface area (Å²) in [4.78, 5) is 36.8. The average Bonchev–Trinajstić information content (AvgIpc) is 2.67. The number of aryl methyl sites for hydroxylation is 1. The van der Waals surface area contributed by atoms with Gasteiger partial charge in [0.05, 0.1) is 11.1 Å². The molecule has 2 aromatic carbocycles. The molecular formula is C22H15FO7. The number of carboxylic acid groups (broad SMARTS) is 1. The summed E-state index contributed by atoms with van der Waals surface area (Å²) >= 11 is 0. The Morgan fingerprint density at radius 2 is 1.93 bits per heavy atom. The molecule has 8 heteroatoms. The summed E-state index contributed by atoms with van der Waals surface area (Å²) in [5, 5.41) is 20.4. The number of Topliss-reactive ketones (excluding diaryl/α,β-unsaturated/α-hetero) is 1. The van der Waals surface area contributed by atoms with Crippen molar-refractivity contribution in [1.82, 2.24) is 0 Å². The van der Waals surface area contributed by atoms with E-state index in [1.165, 1.54) is 6.07 Å². The van der Waals surface area contributed by atoms with E-state index >= 15 is 0 Å². The Morgan fingerprint density at radius 3 is 2.67 bits per heavy atom. The lowest BCUT2D eigenvalue weighted by Crippen LogP contribution is -2.31. The quantitative estimate of drug-likeness (QED) is 0.504. The number of hydrogen-bond donors (Lipinski definition) is 2. The van der Waals surface area contributed by atoms with Crippen LogP contribution >= 0.6 is 0 Å². The number of fused-ring (bicyclic) bond motifs is 2. The average molecular weight is 410 g/mol.